The predicted molar refractivity (Wildman–Crippen MR) is 82.1 cm³/mol. The van der Waals surface area contributed by atoms with Gasteiger partial charge in [0.15, 0.2) is 0 Å². The van der Waals surface area contributed by atoms with Crippen molar-refractivity contribution in [2.45, 2.75) is 0 Å². The normalized spacial score (nSPS) is 10.5. The summed E-state index contributed by atoms with van der Waals surface area (Å²) in [4.78, 5) is 4.34. The summed E-state index contributed by atoms with van der Waals surface area (Å²) in [5.74, 6) is 0.508. The molecule has 1 heterocycles. The number of benzene rings is 2. The SMILES string of the molecule is Fc1ccc(NCCOc2cnc3ccccc3c2)cc1. The van der Waals surface area contributed by atoms with Gasteiger partial charge >= 0.3 is 0 Å². The van der Waals surface area contributed by atoms with Crippen molar-refractivity contribution in [2.75, 3.05) is 18.5 Å². The summed E-state index contributed by atoms with van der Waals surface area (Å²) in [6.07, 6.45) is 1.72. The zero-order chi connectivity index (χ0) is 14.5. The quantitative estimate of drug-likeness (QED) is 0.721. The Morgan fingerprint density at radius 2 is 1.86 bits per heavy atom. The number of pyridine rings is 1. The molecule has 3 aromatic rings. The van der Waals surface area contributed by atoms with Gasteiger partial charge in [0.25, 0.3) is 0 Å². The van der Waals surface area contributed by atoms with Crippen LogP contribution in [0, 0.1) is 5.82 Å². The van der Waals surface area contributed by atoms with Gasteiger partial charge in [-0.1, -0.05) is 18.2 Å². The molecule has 0 saturated heterocycles. The highest BCUT2D eigenvalue weighted by Gasteiger charge is 1.98. The summed E-state index contributed by atoms with van der Waals surface area (Å²) in [5, 5.41) is 4.22. The first-order valence-corrected chi connectivity index (χ1v) is 6.78. The Hall–Kier alpha value is -2.62. The number of nitrogens with one attached hydrogen (secondary N) is 1. The molecular weight excluding hydrogens is 267 g/mol. The van der Waals surface area contributed by atoms with Gasteiger partial charge in [0.1, 0.15) is 18.2 Å². The van der Waals surface area contributed by atoms with Gasteiger partial charge in [-0.15, -0.1) is 0 Å². The second kappa shape index (κ2) is 6.22. The van der Waals surface area contributed by atoms with Gasteiger partial charge < -0.3 is 10.1 Å². The number of fused-ring (bicyclic) bond motifs is 1. The minimum Gasteiger partial charge on any atom is -0.490 e. The van der Waals surface area contributed by atoms with E-state index >= 15 is 0 Å². The molecule has 21 heavy (non-hydrogen) atoms. The number of hydrogen-bond acceptors (Lipinski definition) is 3. The van der Waals surface area contributed by atoms with Gasteiger partial charge in [0.05, 0.1) is 11.7 Å². The van der Waals surface area contributed by atoms with Crippen LogP contribution in [0.1, 0.15) is 0 Å². The molecule has 0 unspecified atom stereocenters. The van der Waals surface area contributed by atoms with Gasteiger partial charge in [-0.25, -0.2) is 4.39 Å². The second-order valence-electron chi connectivity index (χ2n) is 4.65. The average molecular weight is 282 g/mol. The van der Waals surface area contributed by atoms with Crippen molar-refractivity contribution in [1.29, 1.82) is 0 Å². The van der Waals surface area contributed by atoms with E-state index in [1.54, 1.807) is 18.3 Å². The number of aromatic nitrogens is 1. The van der Waals surface area contributed by atoms with E-state index in [4.69, 9.17) is 4.74 Å². The molecule has 0 aliphatic carbocycles. The number of rotatable bonds is 5. The van der Waals surface area contributed by atoms with Crippen LogP contribution in [-0.2, 0) is 0 Å². The van der Waals surface area contributed by atoms with Crippen molar-refractivity contribution in [3.8, 4) is 5.75 Å². The molecule has 106 valence electrons. The standard InChI is InChI=1S/C17H15FN2O/c18-14-5-7-15(8-6-14)19-9-10-21-16-11-13-3-1-2-4-17(13)20-12-16/h1-8,11-12,19H,9-10H2. The number of anilines is 1. The van der Waals surface area contributed by atoms with Crippen molar-refractivity contribution in [3.63, 3.8) is 0 Å². The van der Waals surface area contributed by atoms with Crippen LogP contribution in [0.25, 0.3) is 10.9 Å². The summed E-state index contributed by atoms with van der Waals surface area (Å²) in [7, 11) is 0. The molecule has 3 rings (SSSR count). The summed E-state index contributed by atoms with van der Waals surface area (Å²) < 4.78 is 18.4. The molecule has 0 aliphatic rings. The summed E-state index contributed by atoms with van der Waals surface area (Å²) >= 11 is 0. The molecule has 0 radical (unpaired) electrons. The van der Waals surface area contributed by atoms with Crippen molar-refractivity contribution in [3.05, 3.63) is 66.6 Å². The highest BCUT2D eigenvalue weighted by molar-refractivity contribution is 5.79. The zero-order valence-corrected chi connectivity index (χ0v) is 11.4. The van der Waals surface area contributed by atoms with Gasteiger partial charge in [0.2, 0.25) is 0 Å². The first-order chi connectivity index (χ1) is 10.3. The number of nitrogens with zero attached hydrogens (tertiary/aromatic N) is 1. The molecule has 0 atom stereocenters. The van der Waals surface area contributed by atoms with E-state index in [1.807, 2.05) is 30.3 Å². The number of ether oxygens (including phenoxy) is 1. The highest BCUT2D eigenvalue weighted by Crippen LogP contribution is 2.17. The molecule has 1 N–H and O–H groups in total. The van der Waals surface area contributed by atoms with Crippen LogP contribution in [-0.4, -0.2) is 18.1 Å². The zero-order valence-electron chi connectivity index (χ0n) is 11.4. The van der Waals surface area contributed by atoms with Crippen molar-refractivity contribution >= 4 is 16.6 Å². The first kappa shape index (κ1) is 13.4. The Morgan fingerprint density at radius 3 is 2.71 bits per heavy atom. The average Bonchev–Trinajstić information content (AvgIpc) is 2.53. The van der Waals surface area contributed by atoms with E-state index in [1.165, 1.54) is 12.1 Å². The maximum atomic E-state index is 12.8. The fraction of sp³-hybridized carbons (Fsp3) is 0.118. The molecule has 0 saturated carbocycles. The summed E-state index contributed by atoms with van der Waals surface area (Å²) in [6.45, 7) is 1.15. The largest absolute Gasteiger partial charge is 0.490 e. The lowest BCUT2D eigenvalue weighted by molar-refractivity contribution is 0.332. The fourth-order valence-corrected chi connectivity index (χ4v) is 2.06. The molecule has 0 spiro atoms. The van der Waals surface area contributed by atoms with Crippen LogP contribution in [0.15, 0.2) is 60.8 Å². The molecule has 0 bridgehead atoms. The maximum absolute atomic E-state index is 12.8. The lowest BCUT2D eigenvalue weighted by atomic mass is 10.2. The topological polar surface area (TPSA) is 34.1 Å². The summed E-state index contributed by atoms with van der Waals surface area (Å²) in [5.41, 5.74) is 1.82. The van der Waals surface area contributed by atoms with Crippen LogP contribution in [0.5, 0.6) is 5.75 Å². The van der Waals surface area contributed by atoms with Gasteiger partial charge in [-0.3, -0.25) is 4.98 Å². The predicted octanol–water partition coefficient (Wildman–Crippen LogP) is 3.86. The Balaban J connectivity index is 1.53. The van der Waals surface area contributed by atoms with Crippen LogP contribution in [0.2, 0.25) is 0 Å². The van der Waals surface area contributed by atoms with E-state index in [-0.39, 0.29) is 5.82 Å². The number of para-hydroxylation sites is 1. The Morgan fingerprint density at radius 1 is 1.05 bits per heavy atom. The molecule has 3 nitrogen and oxygen atoms in total. The first-order valence-electron chi connectivity index (χ1n) is 6.78. The minimum absolute atomic E-state index is 0.237. The van der Waals surface area contributed by atoms with E-state index < -0.39 is 0 Å². The van der Waals surface area contributed by atoms with E-state index in [0.29, 0.717) is 13.2 Å². The van der Waals surface area contributed by atoms with Gasteiger partial charge in [-0.2, -0.15) is 0 Å². The molecular formula is C17H15FN2O. The molecule has 1 aromatic heterocycles. The fourth-order valence-electron chi connectivity index (χ4n) is 2.06. The van der Waals surface area contributed by atoms with E-state index in [0.717, 1.165) is 22.3 Å². The third-order valence-electron chi connectivity index (χ3n) is 3.11. The van der Waals surface area contributed by atoms with Crippen LogP contribution in [0.3, 0.4) is 0 Å². The molecule has 0 aliphatic heterocycles. The smallest absolute Gasteiger partial charge is 0.138 e. The van der Waals surface area contributed by atoms with Gasteiger partial charge in [0, 0.05) is 17.6 Å². The van der Waals surface area contributed by atoms with E-state index in [9.17, 15) is 4.39 Å². The number of hydrogen-bond donors (Lipinski definition) is 1. The van der Waals surface area contributed by atoms with Crippen LogP contribution >= 0.6 is 0 Å². The lowest BCUT2D eigenvalue weighted by Crippen LogP contribution is -2.11. The third kappa shape index (κ3) is 3.48. The number of halogens is 1. The van der Waals surface area contributed by atoms with Gasteiger partial charge in [-0.05, 0) is 36.4 Å². The molecule has 0 amide bonds. The van der Waals surface area contributed by atoms with Crippen molar-refractivity contribution in [2.24, 2.45) is 0 Å². The van der Waals surface area contributed by atoms with Crippen molar-refractivity contribution < 1.29 is 9.13 Å². The second-order valence-corrected chi connectivity index (χ2v) is 4.65. The lowest BCUT2D eigenvalue weighted by Gasteiger charge is -2.09. The Bertz CT molecular complexity index is 728. The van der Waals surface area contributed by atoms with E-state index in [2.05, 4.69) is 10.3 Å². The Kier molecular flexibility index (Phi) is 3.96. The molecule has 4 heteroatoms. The van der Waals surface area contributed by atoms with Crippen LogP contribution in [0.4, 0.5) is 10.1 Å². The molecule has 2 aromatic carbocycles. The minimum atomic E-state index is -0.237. The molecule has 0 fully saturated rings. The third-order valence-corrected chi connectivity index (χ3v) is 3.11. The summed E-state index contributed by atoms with van der Waals surface area (Å²) in [6, 6.07) is 16.1. The maximum Gasteiger partial charge on any atom is 0.138 e. The highest BCUT2D eigenvalue weighted by atomic mass is 19.1. The van der Waals surface area contributed by atoms with Crippen LogP contribution < -0.4 is 10.1 Å². The Labute approximate surface area is 122 Å². The van der Waals surface area contributed by atoms with Crippen molar-refractivity contribution in [1.82, 2.24) is 4.98 Å². The monoisotopic (exact) mass is 282 g/mol.